The summed E-state index contributed by atoms with van der Waals surface area (Å²) < 4.78 is 11.2. The van der Waals surface area contributed by atoms with Crippen molar-refractivity contribution >= 4 is 5.69 Å². The molecule has 0 aromatic heterocycles. The molecule has 20 heavy (non-hydrogen) atoms. The molecule has 1 aromatic rings. The lowest BCUT2D eigenvalue weighted by Crippen LogP contribution is -2.60. The summed E-state index contributed by atoms with van der Waals surface area (Å²) in [4.78, 5) is 10.8. The molecule has 6 nitrogen and oxygen atoms in total. The summed E-state index contributed by atoms with van der Waals surface area (Å²) in [5, 5.41) is 14.3. The van der Waals surface area contributed by atoms with Crippen LogP contribution in [0.1, 0.15) is 17.5 Å². The normalized spacial score (nSPS) is 25.1. The number of methoxy groups -OCH3 is 1. The molecule has 0 bridgehead atoms. The number of ether oxygens (including phenoxy) is 2. The second kappa shape index (κ2) is 5.76. The van der Waals surface area contributed by atoms with Crippen LogP contribution < -0.4 is 10.1 Å². The maximum absolute atomic E-state index is 11.2. The lowest BCUT2D eigenvalue weighted by atomic mass is 9.85. The number of nitro benzene ring substituents is 1. The van der Waals surface area contributed by atoms with E-state index in [1.54, 1.807) is 13.2 Å². The minimum absolute atomic E-state index is 0.0188. The molecule has 2 rings (SSSR count). The van der Waals surface area contributed by atoms with Gasteiger partial charge in [-0.25, -0.2) is 0 Å². The summed E-state index contributed by atoms with van der Waals surface area (Å²) in [7, 11) is 3.49. The predicted molar refractivity (Wildman–Crippen MR) is 75.2 cm³/mol. The first-order valence-electron chi connectivity index (χ1n) is 6.60. The van der Waals surface area contributed by atoms with E-state index >= 15 is 0 Å². The van der Waals surface area contributed by atoms with Gasteiger partial charge in [-0.3, -0.25) is 10.1 Å². The van der Waals surface area contributed by atoms with Gasteiger partial charge in [-0.2, -0.15) is 0 Å². The molecule has 0 radical (unpaired) electrons. The summed E-state index contributed by atoms with van der Waals surface area (Å²) >= 11 is 0. The Bertz CT molecular complexity index is 518. The first kappa shape index (κ1) is 14.7. The van der Waals surface area contributed by atoms with Crippen LogP contribution >= 0.6 is 0 Å². The maximum atomic E-state index is 11.2. The quantitative estimate of drug-likeness (QED) is 0.659. The molecule has 0 amide bonds. The van der Waals surface area contributed by atoms with Crippen molar-refractivity contribution in [2.75, 3.05) is 14.2 Å². The van der Waals surface area contributed by atoms with Gasteiger partial charge in [0.25, 0.3) is 0 Å². The predicted octanol–water partition coefficient (Wildman–Crippen LogP) is 1.97. The van der Waals surface area contributed by atoms with Crippen LogP contribution in [0.5, 0.6) is 5.75 Å². The van der Waals surface area contributed by atoms with Crippen LogP contribution in [0.4, 0.5) is 5.69 Å². The second-order valence-electron chi connectivity index (χ2n) is 5.17. The number of benzene rings is 1. The number of rotatable bonds is 5. The zero-order chi connectivity index (χ0) is 14.9. The Balaban J connectivity index is 2.24. The van der Waals surface area contributed by atoms with Crippen molar-refractivity contribution in [1.29, 1.82) is 0 Å². The first-order chi connectivity index (χ1) is 9.47. The van der Waals surface area contributed by atoms with Crippen molar-refractivity contribution in [3.8, 4) is 5.75 Å². The summed E-state index contributed by atoms with van der Waals surface area (Å²) in [6, 6.07) is 3.66. The largest absolute Gasteiger partial charge is 0.480 e. The van der Waals surface area contributed by atoms with E-state index < -0.39 is 4.92 Å². The number of nitrogens with zero attached hydrogens (tertiary/aromatic N) is 1. The standard InChI is InChI=1S/C14H20N2O4/c1-8-5-9(2)13(11(6-8)16(17)18)20-12-7-10(15-3)14(12)19-4/h5-6,10,12,14-15H,7H2,1-4H3. The molecule has 1 aromatic carbocycles. The lowest BCUT2D eigenvalue weighted by molar-refractivity contribution is -0.386. The molecule has 0 heterocycles. The van der Waals surface area contributed by atoms with Gasteiger partial charge in [-0.1, -0.05) is 6.07 Å². The van der Waals surface area contributed by atoms with E-state index in [0.29, 0.717) is 5.75 Å². The fourth-order valence-electron chi connectivity index (χ4n) is 2.67. The van der Waals surface area contributed by atoms with Crippen LogP contribution in [0.3, 0.4) is 0 Å². The van der Waals surface area contributed by atoms with E-state index in [4.69, 9.17) is 9.47 Å². The number of nitrogens with one attached hydrogen (secondary N) is 1. The molecule has 1 saturated carbocycles. The maximum Gasteiger partial charge on any atom is 0.311 e. The Morgan fingerprint density at radius 2 is 2.10 bits per heavy atom. The van der Waals surface area contributed by atoms with Gasteiger partial charge in [-0.15, -0.1) is 0 Å². The molecule has 0 saturated heterocycles. The van der Waals surface area contributed by atoms with Gasteiger partial charge >= 0.3 is 5.69 Å². The number of likely N-dealkylation sites (N-methyl/N-ethyl adjacent to an activating group) is 1. The van der Waals surface area contributed by atoms with Gasteiger partial charge < -0.3 is 14.8 Å². The highest BCUT2D eigenvalue weighted by molar-refractivity contribution is 5.53. The molecule has 1 aliphatic rings. The highest BCUT2D eigenvalue weighted by Gasteiger charge is 2.43. The molecular weight excluding hydrogens is 260 g/mol. The van der Waals surface area contributed by atoms with Crippen LogP contribution in [0, 0.1) is 24.0 Å². The number of nitro groups is 1. The average molecular weight is 280 g/mol. The average Bonchev–Trinajstić information content (AvgIpc) is 2.35. The minimum Gasteiger partial charge on any atom is -0.480 e. The number of aryl methyl sites for hydroxylation is 2. The molecule has 0 aliphatic heterocycles. The molecule has 0 spiro atoms. The van der Waals surface area contributed by atoms with Crippen molar-refractivity contribution in [2.45, 2.75) is 38.5 Å². The third-order valence-corrected chi connectivity index (χ3v) is 3.76. The number of hydrogen-bond donors (Lipinski definition) is 1. The van der Waals surface area contributed by atoms with E-state index in [1.807, 2.05) is 27.0 Å². The summed E-state index contributed by atoms with van der Waals surface area (Å²) in [6.45, 7) is 3.66. The molecular formula is C14H20N2O4. The Labute approximate surface area is 118 Å². The Morgan fingerprint density at radius 3 is 2.65 bits per heavy atom. The summed E-state index contributed by atoms with van der Waals surface area (Å²) in [5.74, 6) is 0.349. The Morgan fingerprint density at radius 1 is 1.40 bits per heavy atom. The third-order valence-electron chi connectivity index (χ3n) is 3.76. The lowest BCUT2D eigenvalue weighted by Gasteiger charge is -2.43. The smallest absolute Gasteiger partial charge is 0.311 e. The van der Waals surface area contributed by atoms with Crippen molar-refractivity contribution in [2.24, 2.45) is 0 Å². The van der Waals surface area contributed by atoms with Gasteiger partial charge in [0.15, 0.2) is 5.75 Å². The Hall–Kier alpha value is -1.66. The van der Waals surface area contributed by atoms with E-state index in [0.717, 1.165) is 17.5 Å². The highest BCUT2D eigenvalue weighted by Crippen LogP contribution is 2.36. The first-order valence-corrected chi connectivity index (χ1v) is 6.60. The Kier molecular flexibility index (Phi) is 4.25. The van der Waals surface area contributed by atoms with E-state index in [-0.39, 0.29) is 23.9 Å². The summed E-state index contributed by atoms with van der Waals surface area (Å²) in [5.41, 5.74) is 1.65. The second-order valence-corrected chi connectivity index (χ2v) is 5.17. The zero-order valence-corrected chi connectivity index (χ0v) is 12.2. The monoisotopic (exact) mass is 280 g/mol. The molecule has 1 fully saturated rings. The van der Waals surface area contributed by atoms with Crippen LogP contribution in [0.25, 0.3) is 0 Å². The van der Waals surface area contributed by atoms with E-state index in [2.05, 4.69) is 5.32 Å². The van der Waals surface area contributed by atoms with Crippen LogP contribution in [-0.2, 0) is 4.74 Å². The van der Waals surface area contributed by atoms with Crippen molar-refractivity contribution < 1.29 is 14.4 Å². The van der Waals surface area contributed by atoms with Crippen molar-refractivity contribution in [3.05, 3.63) is 33.4 Å². The van der Waals surface area contributed by atoms with Crippen LogP contribution in [0.15, 0.2) is 12.1 Å². The molecule has 3 unspecified atom stereocenters. The van der Waals surface area contributed by atoms with Crippen molar-refractivity contribution in [1.82, 2.24) is 5.32 Å². The number of hydrogen-bond acceptors (Lipinski definition) is 5. The van der Waals surface area contributed by atoms with E-state index in [9.17, 15) is 10.1 Å². The molecule has 110 valence electrons. The van der Waals surface area contributed by atoms with Gasteiger partial charge in [0, 0.05) is 25.6 Å². The van der Waals surface area contributed by atoms with Crippen LogP contribution in [0.2, 0.25) is 0 Å². The van der Waals surface area contributed by atoms with Crippen molar-refractivity contribution in [3.63, 3.8) is 0 Å². The zero-order valence-electron chi connectivity index (χ0n) is 12.2. The molecule has 1 aliphatic carbocycles. The van der Waals surface area contributed by atoms with E-state index in [1.165, 1.54) is 0 Å². The SMILES string of the molecule is CNC1CC(Oc2c(C)cc(C)cc2[N+](=O)[O-])C1OC. The summed E-state index contributed by atoms with van der Waals surface area (Å²) in [6.07, 6.45) is 0.539. The fraction of sp³-hybridized carbons (Fsp3) is 0.571. The molecule has 6 heteroatoms. The highest BCUT2D eigenvalue weighted by atomic mass is 16.6. The van der Waals surface area contributed by atoms with Gasteiger partial charge in [-0.05, 0) is 32.0 Å². The topological polar surface area (TPSA) is 73.6 Å². The third kappa shape index (κ3) is 2.62. The van der Waals surface area contributed by atoms with Gasteiger partial charge in [0.2, 0.25) is 0 Å². The fourth-order valence-corrected chi connectivity index (χ4v) is 2.67. The molecule has 3 atom stereocenters. The van der Waals surface area contributed by atoms with Gasteiger partial charge in [0.05, 0.1) is 4.92 Å². The van der Waals surface area contributed by atoms with Gasteiger partial charge in [0.1, 0.15) is 12.2 Å². The molecule has 1 N–H and O–H groups in total. The van der Waals surface area contributed by atoms with Crippen LogP contribution in [-0.4, -0.2) is 37.3 Å². The minimum atomic E-state index is -0.397.